The van der Waals surface area contributed by atoms with Gasteiger partial charge in [-0.1, -0.05) is 35.3 Å². The van der Waals surface area contributed by atoms with E-state index in [0.29, 0.717) is 33.0 Å². The summed E-state index contributed by atoms with van der Waals surface area (Å²) in [4.78, 5) is 34.3. The third kappa shape index (κ3) is 4.48. The molecule has 0 fully saturated rings. The van der Waals surface area contributed by atoms with Gasteiger partial charge in [-0.15, -0.1) is 0 Å². The van der Waals surface area contributed by atoms with E-state index in [-0.39, 0.29) is 28.2 Å². The van der Waals surface area contributed by atoms with Crippen LogP contribution >= 0.6 is 23.2 Å². The topological polar surface area (TPSA) is 115 Å². The molecular weight excluding hydrogens is 463 g/mol. The first kappa shape index (κ1) is 22.6. The Hall–Kier alpha value is -3.62. The van der Waals surface area contributed by atoms with Gasteiger partial charge in [0.15, 0.2) is 5.78 Å². The molecule has 168 valence electrons. The van der Waals surface area contributed by atoms with Crippen molar-refractivity contribution in [3.8, 4) is 0 Å². The van der Waals surface area contributed by atoms with Gasteiger partial charge in [0.25, 0.3) is 0 Å². The van der Waals surface area contributed by atoms with E-state index < -0.39 is 6.03 Å². The number of anilines is 3. The molecule has 2 heterocycles. The number of nitrogen functional groups attached to an aromatic ring is 1. The van der Waals surface area contributed by atoms with E-state index in [2.05, 4.69) is 20.6 Å². The zero-order chi connectivity index (χ0) is 23.7. The number of carbonyl (C=O) groups excluding carboxylic acids is 2. The number of para-hydroxylation sites is 1. The van der Waals surface area contributed by atoms with E-state index in [9.17, 15) is 9.59 Å². The van der Waals surface area contributed by atoms with E-state index in [0.717, 1.165) is 0 Å². The molecule has 0 radical (unpaired) electrons. The van der Waals surface area contributed by atoms with Crippen LogP contribution in [0.15, 0.2) is 55.0 Å². The maximum Gasteiger partial charge on any atom is 0.323 e. The predicted molar refractivity (Wildman–Crippen MR) is 131 cm³/mol. The first-order valence-corrected chi connectivity index (χ1v) is 10.8. The monoisotopic (exact) mass is 482 g/mol. The number of urea groups is 1. The third-order valence-corrected chi connectivity index (χ3v) is 5.69. The molecule has 0 spiro atoms. The summed E-state index contributed by atoms with van der Waals surface area (Å²) in [7, 11) is 0. The standard InChI is InChI=1S/C23H20Cl2N6O2/c1-12(2)31-10-15(19-21(26)27-11-28-22(19)31)20(32)14-9-13(7-8-16(14)24)29-23(33)30-18-6-4-3-5-17(18)25/h3-12H,1-2H3,(H2,26,27,28)(H2,29,30,33). The van der Waals surface area contributed by atoms with Crippen molar-refractivity contribution in [3.63, 3.8) is 0 Å². The molecule has 10 heteroatoms. The normalized spacial score (nSPS) is 11.1. The number of rotatable bonds is 5. The Bertz CT molecular complexity index is 1380. The maximum absolute atomic E-state index is 13.5. The smallest absolute Gasteiger partial charge is 0.323 e. The molecular formula is C23H20Cl2N6O2. The number of amides is 2. The van der Waals surface area contributed by atoms with Crippen molar-refractivity contribution in [1.82, 2.24) is 14.5 Å². The van der Waals surface area contributed by atoms with Gasteiger partial charge in [-0.3, -0.25) is 4.79 Å². The van der Waals surface area contributed by atoms with Gasteiger partial charge in [-0.2, -0.15) is 0 Å². The van der Waals surface area contributed by atoms with E-state index in [1.165, 1.54) is 12.4 Å². The third-order valence-electron chi connectivity index (χ3n) is 5.03. The second-order valence-corrected chi connectivity index (χ2v) is 8.40. The molecule has 8 nitrogen and oxygen atoms in total. The Morgan fingerprint density at radius 1 is 1.00 bits per heavy atom. The minimum Gasteiger partial charge on any atom is -0.383 e. The highest BCUT2D eigenvalue weighted by atomic mass is 35.5. The van der Waals surface area contributed by atoms with Crippen molar-refractivity contribution in [2.45, 2.75) is 19.9 Å². The first-order chi connectivity index (χ1) is 15.8. The molecule has 0 aliphatic heterocycles. The highest BCUT2D eigenvalue weighted by Crippen LogP contribution is 2.31. The molecule has 2 aromatic carbocycles. The molecule has 4 rings (SSSR count). The summed E-state index contributed by atoms with van der Waals surface area (Å²) in [6.07, 6.45) is 3.06. The van der Waals surface area contributed by atoms with Gasteiger partial charge in [0.2, 0.25) is 0 Å². The summed E-state index contributed by atoms with van der Waals surface area (Å²) < 4.78 is 1.85. The van der Waals surface area contributed by atoms with Crippen molar-refractivity contribution in [1.29, 1.82) is 0 Å². The fourth-order valence-corrected chi connectivity index (χ4v) is 3.83. The number of nitrogens with zero attached hydrogens (tertiary/aromatic N) is 3. The quantitative estimate of drug-likeness (QED) is 0.312. The lowest BCUT2D eigenvalue weighted by molar-refractivity contribution is 0.104. The number of nitrogens with two attached hydrogens (primary N) is 1. The SMILES string of the molecule is CC(C)n1cc(C(=O)c2cc(NC(=O)Nc3ccccc3Cl)ccc2Cl)c2c(N)ncnc21. The molecule has 0 unspecified atom stereocenters. The summed E-state index contributed by atoms with van der Waals surface area (Å²) >= 11 is 12.4. The minimum atomic E-state index is -0.516. The predicted octanol–water partition coefficient (Wildman–Crippen LogP) is 5.78. The Balaban J connectivity index is 1.67. The molecule has 4 N–H and O–H groups in total. The number of halogens is 2. The molecule has 0 saturated carbocycles. The van der Waals surface area contributed by atoms with Crippen molar-refractivity contribution in [2.75, 3.05) is 16.4 Å². The van der Waals surface area contributed by atoms with Gasteiger partial charge in [0, 0.05) is 23.5 Å². The van der Waals surface area contributed by atoms with Crippen molar-refractivity contribution in [2.24, 2.45) is 0 Å². The number of ketones is 1. The van der Waals surface area contributed by atoms with Crippen LogP contribution in [0.3, 0.4) is 0 Å². The fourth-order valence-electron chi connectivity index (χ4n) is 3.44. The number of hydrogen-bond acceptors (Lipinski definition) is 5. The Morgan fingerprint density at radius 3 is 2.48 bits per heavy atom. The number of aromatic nitrogens is 3. The zero-order valence-electron chi connectivity index (χ0n) is 17.8. The lowest BCUT2D eigenvalue weighted by Crippen LogP contribution is -2.19. The van der Waals surface area contributed by atoms with Crippen LogP contribution in [0.5, 0.6) is 0 Å². The van der Waals surface area contributed by atoms with E-state index in [4.69, 9.17) is 28.9 Å². The molecule has 4 aromatic rings. The number of carbonyl (C=O) groups is 2. The summed E-state index contributed by atoms with van der Waals surface area (Å²) in [6, 6.07) is 11.0. The minimum absolute atomic E-state index is 0.0420. The fraction of sp³-hybridized carbons (Fsp3) is 0.130. The van der Waals surface area contributed by atoms with Crippen LogP contribution in [-0.4, -0.2) is 26.3 Å². The number of nitrogens with one attached hydrogen (secondary N) is 2. The van der Waals surface area contributed by atoms with Crippen molar-refractivity contribution < 1.29 is 9.59 Å². The summed E-state index contributed by atoms with van der Waals surface area (Å²) in [6.45, 7) is 3.95. The zero-order valence-corrected chi connectivity index (χ0v) is 19.3. The number of hydrogen-bond donors (Lipinski definition) is 3. The summed E-state index contributed by atoms with van der Waals surface area (Å²) in [5, 5.41) is 6.45. The Kier molecular flexibility index (Phi) is 6.22. The summed E-state index contributed by atoms with van der Waals surface area (Å²) in [5.41, 5.74) is 8.01. The largest absolute Gasteiger partial charge is 0.383 e. The Morgan fingerprint density at radius 2 is 1.76 bits per heavy atom. The molecule has 0 bridgehead atoms. The van der Waals surface area contributed by atoms with Crippen LogP contribution in [0.2, 0.25) is 10.0 Å². The van der Waals surface area contributed by atoms with E-state index in [1.54, 1.807) is 42.6 Å². The van der Waals surface area contributed by atoms with Gasteiger partial charge < -0.3 is 20.9 Å². The maximum atomic E-state index is 13.5. The van der Waals surface area contributed by atoms with Crippen LogP contribution in [-0.2, 0) is 0 Å². The molecule has 0 saturated heterocycles. The van der Waals surface area contributed by atoms with Gasteiger partial charge in [-0.05, 0) is 44.2 Å². The second kappa shape index (κ2) is 9.09. The molecule has 0 aliphatic rings. The second-order valence-electron chi connectivity index (χ2n) is 7.58. The number of fused-ring (bicyclic) bond motifs is 1. The summed E-state index contributed by atoms with van der Waals surface area (Å²) in [5.74, 6) is -0.159. The molecule has 2 amide bonds. The highest BCUT2D eigenvalue weighted by Gasteiger charge is 2.23. The van der Waals surface area contributed by atoms with Gasteiger partial charge in [-0.25, -0.2) is 14.8 Å². The lowest BCUT2D eigenvalue weighted by atomic mass is 10.0. The lowest BCUT2D eigenvalue weighted by Gasteiger charge is -2.11. The van der Waals surface area contributed by atoms with Crippen LogP contribution in [0, 0.1) is 0 Å². The molecule has 2 aromatic heterocycles. The molecule has 0 aliphatic carbocycles. The van der Waals surface area contributed by atoms with Crippen LogP contribution < -0.4 is 16.4 Å². The molecule has 33 heavy (non-hydrogen) atoms. The van der Waals surface area contributed by atoms with Gasteiger partial charge >= 0.3 is 6.03 Å². The Labute approximate surface area is 199 Å². The highest BCUT2D eigenvalue weighted by molar-refractivity contribution is 6.36. The number of benzene rings is 2. The van der Waals surface area contributed by atoms with Gasteiger partial charge in [0.05, 0.1) is 26.7 Å². The van der Waals surface area contributed by atoms with Crippen LogP contribution in [0.1, 0.15) is 35.8 Å². The van der Waals surface area contributed by atoms with E-state index >= 15 is 0 Å². The van der Waals surface area contributed by atoms with E-state index in [1.807, 2.05) is 18.4 Å². The average Bonchev–Trinajstić information content (AvgIpc) is 3.17. The average molecular weight is 483 g/mol. The van der Waals surface area contributed by atoms with Crippen LogP contribution in [0.25, 0.3) is 11.0 Å². The molecule has 0 atom stereocenters. The van der Waals surface area contributed by atoms with Crippen molar-refractivity contribution >= 4 is 63.2 Å². The van der Waals surface area contributed by atoms with Gasteiger partial charge in [0.1, 0.15) is 17.8 Å². The van der Waals surface area contributed by atoms with Crippen molar-refractivity contribution in [3.05, 3.63) is 76.2 Å². The first-order valence-electron chi connectivity index (χ1n) is 10.0. The van der Waals surface area contributed by atoms with Crippen LogP contribution in [0.4, 0.5) is 22.0 Å².